The van der Waals surface area contributed by atoms with E-state index in [2.05, 4.69) is 39.0 Å². The first kappa shape index (κ1) is 15.7. The fraction of sp³-hybridized carbons (Fsp3) is 0.368. The first-order valence-corrected chi connectivity index (χ1v) is 8.72. The third-order valence-electron chi connectivity index (χ3n) is 4.89. The quantitative estimate of drug-likeness (QED) is 0.675. The highest BCUT2D eigenvalue weighted by molar-refractivity contribution is 5.90. The Morgan fingerprint density at radius 2 is 2.12 bits per heavy atom. The van der Waals surface area contributed by atoms with Crippen molar-refractivity contribution in [2.45, 2.75) is 46.1 Å². The second-order valence-corrected chi connectivity index (χ2v) is 6.68. The highest BCUT2D eigenvalue weighted by atomic mass is 16.5. The molecule has 1 aromatic carbocycles. The van der Waals surface area contributed by atoms with Crippen LogP contribution >= 0.6 is 0 Å². The maximum absolute atomic E-state index is 12.1. The van der Waals surface area contributed by atoms with Gasteiger partial charge in [-0.15, -0.1) is 0 Å². The first-order chi connectivity index (χ1) is 12.1. The monoisotopic (exact) mass is 338 g/mol. The molecule has 2 aromatic heterocycles. The summed E-state index contributed by atoms with van der Waals surface area (Å²) >= 11 is 0. The van der Waals surface area contributed by atoms with E-state index in [0.29, 0.717) is 23.7 Å². The second-order valence-electron chi connectivity index (χ2n) is 6.68. The number of hydrogen-bond donors (Lipinski definition) is 3. The maximum atomic E-state index is 12.1. The van der Waals surface area contributed by atoms with Gasteiger partial charge >= 0.3 is 6.03 Å². The molecule has 0 spiro atoms. The number of rotatable bonds is 3. The average Bonchev–Trinajstić information content (AvgIpc) is 3.14. The fourth-order valence-corrected chi connectivity index (χ4v) is 3.56. The van der Waals surface area contributed by atoms with Crippen LogP contribution in [-0.4, -0.2) is 16.2 Å². The lowest BCUT2D eigenvalue weighted by Gasteiger charge is -2.11. The zero-order valence-corrected chi connectivity index (χ0v) is 14.5. The van der Waals surface area contributed by atoms with Crippen LogP contribution < -0.4 is 10.6 Å². The van der Waals surface area contributed by atoms with Gasteiger partial charge in [0.15, 0.2) is 5.76 Å². The van der Waals surface area contributed by atoms with E-state index in [0.717, 1.165) is 18.4 Å². The predicted molar refractivity (Wildman–Crippen MR) is 96.8 cm³/mol. The number of carbonyl (C=O) groups is 1. The molecule has 0 unspecified atom stereocenters. The van der Waals surface area contributed by atoms with Crippen molar-refractivity contribution in [3.63, 3.8) is 0 Å². The number of urea groups is 1. The Labute approximate surface area is 146 Å². The van der Waals surface area contributed by atoms with E-state index >= 15 is 0 Å². The van der Waals surface area contributed by atoms with Crippen molar-refractivity contribution < 1.29 is 9.32 Å². The lowest BCUT2D eigenvalue weighted by atomic mass is 9.95. The SMILES string of the molecule is Cc1noc(C)c1NC(=O)NCc1ccc2[nH]c3c(c2c1)CCCC3. The van der Waals surface area contributed by atoms with Gasteiger partial charge in [0.25, 0.3) is 0 Å². The van der Waals surface area contributed by atoms with Crippen molar-refractivity contribution in [1.29, 1.82) is 0 Å². The fourth-order valence-electron chi connectivity index (χ4n) is 3.56. The minimum atomic E-state index is -0.259. The molecule has 0 bridgehead atoms. The molecule has 0 atom stereocenters. The molecule has 2 heterocycles. The van der Waals surface area contributed by atoms with Crippen LogP contribution in [0.4, 0.5) is 10.5 Å². The lowest BCUT2D eigenvalue weighted by Crippen LogP contribution is -2.28. The number of nitrogens with one attached hydrogen (secondary N) is 3. The van der Waals surface area contributed by atoms with Gasteiger partial charge in [-0.1, -0.05) is 11.2 Å². The number of carbonyl (C=O) groups excluding carboxylic acids is 1. The van der Waals surface area contributed by atoms with Gasteiger partial charge in [0, 0.05) is 23.1 Å². The molecule has 25 heavy (non-hydrogen) atoms. The topological polar surface area (TPSA) is 82.9 Å². The number of anilines is 1. The third-order valence-corrected chi connectivity index (χ3v) is 4.89. The molecule has 3 aromatic rings. The minimum Gasteiger partial charge on any atom is -0.359 e. The molecule has 130 valence electrons. The van der Waals surface area contributed by atoms with Crippen LogP contribution in [0.15, 0.2) is 22.7 Å². The summed E-state index contributed by atoms with van der Waals surface area (Å²) in [6.45, 7) is 4.05. The summed E-state index contributed by atoms with van der Waals surface area (Å²) in [7, 11) is 0. The summed E-state index contributed by atoms with van der Waals surface area (Å²) in [5.74, 6) is 0.605. The Kier molecular flexibility index (Phi) is 3.95. The van der Waals surface area contributed by atoms with E-state index in [1.807, 2.05) is 0 Å². The van der Waals surface area contributed by atoms with Crippen LogP contribution in [0.1, 0.15) is 41.1 Å². The molecule has 0 fully saturated rings. The van der Waals surface area contributed by atoms with Gasteiger partial charge in [0.05, 0.1) is 0 Å². The highest BCUT2D eigenvalue weighted by Gasteiger charge is 2.16. The zero-order valence-electron chi connectivity index (χ0n) is 14.5. The summed E-state index contributed by atoms with van der Waals surface area (Å²) in [5, 5.41) is 10.8. The molecular weight excluding hydrogens is 316 g/mol. The van der Waals surface area contributed by atoms with Gasteiger partial charge < -0.3 is 20.1 Å². The number of hydrogen-bond acceptors (Lipinski definition) is 3. The molecule has 2 amide bonds. The van der Waals surface area contributed by atoms with E-state index in [-0.39, 0.29) is 6.03 Å². The zero-order chi connectivity index (χ0) is 17.4. The Morgan fingerprint density at radius 3 is 2.92 bits per heavy atom. The van der Waals surface area contributed by atoms with Crippen LogP contribution in [0.5, 0.6) is 0 Å². The molecule has 3 N–H and O–H groups in total. The molecule has 6 heteroatoms. The molecule has 0 aliphatic heterocycles. The summed E-state index contributed by atoms with van der Waals surface area (Å²) in [6, 6.07) is 6.09. The average molecular weight is 338 g/mol. The van der Waals surface area contributed by atoms with Gasteiger partial charge in [-0.25, -0.2) is 4.79 Å². The van der Waals surface area contributed by atoms with Gasteiger partial charge in [-0.3, -0.25) is 0 Å². The van der Waals surface area contributed by atoms with Crippen molar-refractivity contribution in [2.24, 2.45) is 0 Å². The number of fused-ring (bicyclic) bond motifs is 3. The summed E-state index contributed by atoms with van der Waals surface area (Å²) < 4.78 is 5.06. The second kappa shape index (κ2) is 6.27. The van der Waals surface area contributed by atoms with Crippen molar-refractivity contribution in [3.8, 4) is 0 Å². The van der Waals surface area contributed by atoms with Crippen LogP contribution in [0.3, 0.4) is 0 Å². The lowest BCUT2D eigenvalue weighted by molar-refractivity contribution is 0.251. The Balaban J connectivity index is 1.46. The largest absolute Gasteiger partial charge is 0.359 e. The van der Waals surface area contributed by atoms with E-state index < -0.39 is 0 Å². The number of H-pyrrole nitrogens is 1. The number of aromatic amines is 1. The van der Waals surface area contributed by atoms with E-state index in [4.69, 9.17) is 4.52 Å². The Hall–Kier alpha value is -2.76. The van der Waals surface area contributed by atoms with Crippen LogP contribution in [0, 0.1) is 13.8 Å². The van der Waals surface area contributed by atoms with Crippen molar-refractivity contribution in [3.05, 3.63) is 46.5 Å². The minimum absolute atomic E-state index is 0.259. The number of amides is 2. The van der Waals surface area contributed by atoms with Crippen molar-refractivity contribution in [1.82, 2.24) is 15.5 Å². The number of benzene rings is 1. The van der Waals surface area contributed by atoms with Gasteiger partial charge in [0.2, 0.25) is 0 Å². The van der Waals surface area contributed by atoms with Gasteiger partial charge in [-0.2, -0.15) is 0 Å². The van der Waals surface area contributed by atoms with Crippen molar-refractivity contribution >= 4 is 22.6 Å². The Morgan fingerprint density at radius 1 is 1.28 bits per heavy atom. The number of aryl methyl sites for hydroxylation is 4. The highest BCUT2D eigenvalue weighted by Crippen LogP contribution is 2.29. The molecule has 0 saturated carbocycles. The molecule has 0 radical (unpaired) electrons. The third kappa shape index (κ3) is 2.99. The predicted octanol–water partition coefficient (Wildman–Crippen LogP) is 3.97. The standard InChI is InChI=1S/C19H22N4O2/c1-11-18(12(2)25-23-11)22-19(24)20-10-13-7-8-17-15(9-13)14-5-3-4-6-16(14)21-17/h7-9,21H,3-6,10H2,1-2H3,(H2,20,22,24). The number of aromatic nitrogens is 2. The molecule has 4 rings (SSSR count). The molecule has 1 aliphatic rings. The number of nitrogens with zero attached hydrogens (tertiary/aromatic N) is 1. The van der Waals surface area contributed by atoms with Crippen LogP contribution in [0.25, 0.3) is 10.9 Å². The normalized spacial score (nSPS) is 13.7. The molecular formula is C19H22N4O2. The van der Waals surface area contributed by atoms with Gasteiger partial charge in [-0.05, 0) is 62.8 Å². The summed E-state index contributed by atoms with van der Waals surface area (Å²) in [5.41, 5.74) is 6.41. The van der Waals surface area contributed by atoms with Crippen LogP contribution in [-0.2, 0) is 19.4 Å². The summed E-state index contributed by atoms with van der Waals surface area (Å²) in [6.07, 6.45) is 4.79. The molecule has 6 nitrogen and oxygen atoms in total. The van der Waals surface area contributed by atoms with E-state index in [1.165, 1.54) is 35.0 Å². The summed E-state index contributed by atoms with van der Waals surface area (Å²) in [4.78, 5) is 15.7. The Bertz CT molecular complexity index is 919. The first-order valence-electron chi connectivity index (χ1n) is 8.72. The smallest absolute Gasteiger partial charge is 0.319 e. The van der Waals surface area contributed by atoms with E-state index in [1.54, 1.807) is 13.8 Å². The molecule has 0 saturated heterocycles. The van der Waals surface area contributed by atoms with E-state index in [9.17, 15) is 4.79 Å². The molecule has 1 aliphatic carbocycles. The van der Waals surface area contributed by atoms with Gasteiger partial charge in [0.1, 0.15) is 11.4 Å². The van der Waals surface area contributed by atoms with Crippen LogP contribution in [0.2, 0.25) is 0 Å². The maximum Gasteiger partial charge on any atom is 0.319 e. The van der Waals surface area contributed by atoms with Crippen molar-refractivity contribution in [2.75, 3.05) is 5.32 Å².